The second-order valence-corrected chi connectivity index (χ2v) is 6.01. The van der Waals surface area contributed by atoms with Crippen molar-refractivity contribution in [2.24, 2.45) is 5.92 Å². The maximum atomic E-state index is 9.84. The Kier molecular flexibility index (Phi) is 2.73. The van der Waals surface area contributed by atoms with Crippen molar-refractivity contribution in [3.63, 3.8) is 0 Å². The van der Waals surface area contributed by atoms with E-state index >= 15 is 0 Å². The van der Waals surface area contributed by atoms with Crippen LogP contribution in [0.1, 0.15) is 0 Å². The van der Waals surface area contributed by atoms with E-state index in [0.29, 0.717) is 16.2 Å². The van der Waals surface area contributed by atoms with Crippen LogP contribution in [-0.2, 0) is 0 Å². The van der Waals surface area contributed by atoms with Crippen molar-refractivity contribution in [2.45, 2.75) is 11.4 Å². The van der Waals surface area contributed by atoms with Crippen LogP contribution in [-0.4, -0.2) is 40.3 Å². The van der Waals surface area contributed by atoms with Gasteiger partial charge >= 0.3 is 0 Å². The second-order valence-electron chi connectivity index (χ2n) is 4.34. The molecule has 3 unspecified atom stereocenters. The van der Waals surface area contributed by atoms with E-state index < -0.39 is 0 Å². The number of hydrogen-bond acceptors (Lipinski definition) is 4. The minimum atomic E-state index is -0.152. The molecule has 2 fully saturated rings. The summed E-state index contributed by atoms with van der Waals surface area (Å²) < 4.78 is 0. The van der Waals surface area contributed by atoms with Gasteiger partial charge in [-0.1, -0.05) is 11.6 Å². The Morgan fingerprint density at radius 2 is 2.38 bits per heavy atom. The Morgan fingerprint density at radius 3 is 3.12 bits per heavy atom. The van der Waals surface area contributed by atoms with E-state index in [1.807, 2.05) is 17.8 Å². The van der Waals surface area contributed by atoms with Gasteiger partial charge in [0, 0.05) is 42.4 Å². The first-order chi connectivity index (χ1) is 7.75. The minimum Gasteiger partial charge on any atom is -0.392 e. The highest BCUT2D eigenvalue weighted by atomic mass is 35.5. The number of fused-ring (bicyclic) bond motifs is 1. The van der Waals surface area contributed by atoms with Gasteiger partial charge in [-0.25, -0.2) is 0 Å². The monoisotopic (exact) mass is 256 g/mol. The smallest absolute Gasteiger partial charge is 0.0822 e. The normalized spacial score (nSPS) is 33.1. The lowest BCUT2D eigenvalue weighted by Gasteiger charge is -2.21. The summed E-state index contributed by atoms with van der Waals surface area (Å²) in [5.41, 5.74) is 1.04. The number of pyridine rings is 1. The van der Waals surface area contributed by atoms with Crippen LogP contribution >= 0.6 is 23.4 Å². The summed E-state index contributed by atoms with van der Waals surface area (Å²) in [7, 11) is 0. The van der Waals surface area contributed by atoms with Crippen molar-refractivity contribution in [1.29, 1.82) is 0 Å². The Morgan fingerprint density at radius 1 is 1.50 bits per heavy atom. The van der Waals surface area contributed by atoms with Crippen LogP contribution in [0.2, 0.25) is 5.02 Å². The van der Waals surface area contributed by atoms with Gasteiger partial charge in [0.25, 0.3) is 0 Å². The van der Waals surface area contributed by atoms with Crippen molar-refractivity contribution >= 4 is 29.1 Å². The molecule has 16 heavy (non-hydrogen) atoms. The summed E-state index contributed by atoms with van der Waals surface area (Å²) in [5.74, 6) is 1.28. The lowest BCUT2D eigenvalue weighted by atomic mass is 10.0. The molecule has 1 N–H and O–H groups in total. The van der Waals surface area contributed by atoms with Gasteiger partial charge in [-0.15, -0.1) is 0 Å². The fourth-order valence-corrected chi connectivity index (χ4v) is 4.24. The largest absolute Gasteiger partial charge is 0.392 e. The van der Waals surface area contributed by atoms with Crippen LogP contribution in [0.4, 0.5) is 5.69 Å². The zero-order valence-electron chi connectivity index (χ0n) is 8.71. The van der Waals surface area contributed by atoms with Crippen molar-refractivity contribution in [3.05, 3.63) is 23.5 Å². The molecule has 1 aromatic heterocycles. The summed E-state index contributed by atoms with van der Waals surface area (Å²) in [5, 5.41) is 11.1. The number of nitrogens with zero attached hydrogens (tertiary/aromatic N) is 2. The van der Waals surface area contributed by atoms with Gasteiger partial charge < -0.3 is 10.0 Å². The fourth-order valence-electron chi connectivity index (χ4n) is 2.51. The van der Waals surface area contributed by atoms with Gasteiger partial charge in [0.05, 0.1) is 16.8 Å². The Labute approximate surface area is 104 Å². The van der Waals surface area contributed by atoms with Gasteiger partial charge in [0.2, 0.25) is 0 Å². The highest BCUT2D eigenvalue weighted by Gasteiger charge is 2.42. The second kappa shape index (κ2) is 4.09. The van der Waals surface area contributed by atoms with Crippen LogP contribution in [0.5, 0.6) is 0 Å². The number of aliphatic hydroxyl groups excluding tert-OH is 1. The summed E-state index contributed by atoms with van der Waals surface area (Å²) in [6.07, 6.45) is 3.29. The van der Waals surface area contributed by atoms with Gasteiger partial charge in [0.15, 0.2) is 0 Å². The Balaban J connectivity index is 1.82. The SMILES string of the molecule is OC1CSC2CN(c3ccncc3Cl)CC12. The molecule has 0 aliphatic carbocycles. The maximum absolute atomic E-state index is 9.84. The van der Waals surface area contributed by atoms with Crippen molar-refractivity contribution in [2.75, 3.05) is 23.7 Å². The van der Waals surface area contributed by atoms with Gasteiger partial charge in [-0.3, -0.25) is 4.98 Å². The van der Waals surface area contributed by atoms with Crippen LogP contribution in [0.15, 0.2) is 18.5 Å². The van der Waals surface area contributed by atoms with E-state index in [4.69, 9.17) is 11.6 Å². The van der Waals surface area contributed by atoms with Crippen molar-refractivity contribution < 1.29 is 5.11 Å². The van der Waals surface area contributed by atoms with Gasteiger partial charge in [-0.2, -0.15) is 11.8 Å². The third-order valence-electron chi connectivity index (χ3n) is 3.38. The molecule has 3 atom stereocenters. The summed E-state index contributed by atoms with van der Waals surface area (Å²) in [4.78, 5) is 6.25. The summed E-state index contributed by atoms with van der Waals surface area (Å²) in [6.45, 7) is 1.89. The molecular weight excluding hydrogens is 244 g/mol. The highest BCUT2D eigenvalue weighted by Crippen LogP contribution is 2.40. The Bertz CT molecular complexity index is 403. The molecule has 86 valence electrons. The average Bonchev–Trinajstić information content (AvgIpc) is 2.82. The lowest BCUT2D eigenvalue weighted by molar-refractivity contribution is 0.152. The molecule has 3 rings (SSSR count). The van der Waals surface area contributed by atoms with Crippen LogP contribution in [0.3, 0.4) is 0 Å². The van der Waals surface area contributed by atoms with Crippen LogP contribution in [0, 0.1) is 5.92 Å². The van der Waals surface area contributed by atoms with Gasteiger partial charge in [-0.05, 0) is 6.07 Å². The first kappa shape index (κ1) is 10.7. The number of anilines is 1. The molecule has 2 saturated heterocycles. The first-order valence-corrected chi connectivity index (χ1v) is 6.82. The molecule has 0 radical (unpaired) electrons. The number of rotatable bonds is 1. The molecule has 0 saturated carbocycles. The predicted octanol–water partition coefficient (Wildman–Crippen LogP) is 1.65. The predicted molar refractivity (Wildman–Crippen MR) is 67.2 cm³/mol. The average molecular weight is 257 g/mol. The first-order valence-electron chi connectivity index (χ1n) is 5.40. The van der Waals surface area contributed by atoms with E-state index in [0.717, 1.165) is 24.5 Å². The number of aliphatic hydroxyl groups is 1. The molecule has 2 aliphatic rings. The lowest BCUT2D eigenvalue weighted by Crippen LogP contribution is -2.25. The molecule has 0 amide bonds. The standard InChI is InChI=1S/C11H13ClN2OS/c12-8-3-13-2-1-9(8)14-4-7-10(15)6-16-11(7)5-14/h1-3,7,10-11,15H,4-6H2. The third kappa shape index (κ3) is 1.69. The fraction of sp³-hybridized carbons (Fsp3) is 0.545. The molecule has 0 aromatic carbocycles. The van der Waals surface area contributed by atoms with E-state index in [1.165, 1.54) is 0 Å². The van der Waals surface area contributed by atoms with Crippen molar-refractivity contribution in [3.8, 4) is 0 Å². The molecule has 3 nitrogen and oxygen atoms in total. The molecule has 0 bridgehead atoms. The number of aromatic nitrogens is 1. The van der Waals surface area contributed by atoms with E-state index in [1.54, 1.807) is 12.4 Å². The van der Waals surface area contributed by atoms with Crippen LogP contribution in [0.25, 0.3) is 0 Å². The molecule has 1 aromatic rings. The summed E-state index contributed by atoms with van der Waals surface area (Å²) in [6, 6.07) is 1.94. The van der Waals surface area contributed by atoms with E-state index in [-0.39, 0.29) is 6.10 Å². The third-order valence-corrected chi connectivity index (χ3v) is 5.13. The maximum Gasteiger partial charge on any atom is 0.0822 e. The van der Waals surface area contributed by atoms with Crippen molar-refractivity contribution in [1.82, 2.24) is 4.98 Å². The highest BCUT2D eigenvalue weighted by molar-refractivity contribution is 8.00. The number of hydrogen-bond donors (Lipinski definition) is 1. The molecule has 5 heteroatoms. The zero-order chi connectivity index (χ0) is 11.1. The molecular formula is C11H13ClN2OS. The number of thioether (sulfide) groups is 1. The zero-order valence-corrected chi connectivity index (χ0v) is 10.3. The number of halogens is 1. The molecule has 0 spiro atoms. The summed E-state index contributed by atoms with van der Waals surface area (Å²) >= 11 is 8.00. The quantitative estimate of drug-likeness (QED) is 0.829. The van der Waals surface area contributed by atoms with E-state index in [2.05, 4.69) is 9.88 Å². The van der Waals surface area contributed by atoms with E-state index in [9.17, 15) is 5.11 Å². The van der Waals surface area contributed by atoms with Gasteiger partial charge in [0.1, 0.15) is 0 Å². The minimum absolute atomic E-state index is 0.152. The molecule has 3 heterocycles. The molecule has 2 aliphatic heterocycles. The van der Waals surface area contributed by atoms with Crippen LogP contribution < -0.4 is 4.90 Å². The Hall–Kier alpha value is -0.450. The topological polar surface area (TPSA) is 36.4 Å².